The Kier molecular flexibility index (Phi) is 6.73. The normalized spacial score (nSPS) is 11.1. The Morgan fingerprint density at radius 1 is 1.03 bits per heavy atom. The quantitative estimate of drug-likeness (QED) is 0.425. The lowest BCUT2D eigenvalue weighted by atomic mass is 10.2. The van der Waals surface area contributed by atoms with Crippen molar-refractivity contribution in [3.05, 3.63) is 46.7 Å². The molecule has 0 atom stereocenters. The van der Waals surface area contributed by atoms with Crippen LogP contribution in [0.25, 0.3) is 11.4 Å². The number of nitrogens with one attached hydrogen (secondary N) is 1. The number of hydrogen-bond donors (Lipinski definition) is 1. The van der Waals surface area contributed by atoms with Crippen molar-refractivity contribution in [1.82, 2.24) is 14.9 Å². The van der Waals surface area contributed by atoms with E-state index < -0.39 is 0 Å². The van der Waals surface area contributed by atoms with E-state index in [4.69, 9.17) is 31.2 Å². The first-order valence-corrected chi connectivity index (χ1v) is 9.66. The van der Waals surface area contributed by atoms with Crippen LogP contribution in [0, 0.1) is 4.77 Å². The van der Waals surface area contributed by atoms with Gasteiger partial charge < -0.3 is 18.9 Å². The largest absolute Gasteiger partial charge is 0.496 e. The fraction of sp³-hybridized carbons (Fsp3) is 0.286. The smallest absolute Gasteiger partial charge is 0.216 e. The number of methoxy groups -OCH3 is 3. The van der Waals surface area contributed by atoms with Gasteiger partial charge in [0, 0.05) is 17.2 Å². The van der Waals surface area contributed by atoms with Crippen LogP contribution in [0.2, 0.25) is 0 Å². The lowest BCUT2D eigenvalue weighted by Crippen LogP contribution is -2.05. The molecule has 3 rings (SSSR count). The minimum absolute atomic E-state index is 0.0663. The fourth-order valence-electron chi connectivity index (χ4n) is 2.84. The molecular weight excluding hydrogens is 404 g/mol. The number of H-pyrrole nitrogens is 1. The van der Waals surface area contributed by atoms with E-state index in [1.165, 1.54) is 0 Å². The Hall–Kier alpha value is -3.33. The molecule has 1 aromatic heterocycles. The molecule has 0 saturated heterocycles. The van der Waals surface area contributed by atoms with Gasteiger partial charge in [0.05, 0.1) is 33.6 Å². The van der Waals surface area contributed by atoms with Crippen molar-refractivity contribution in [2.75, 3.05) is 21.3 Å². The zero-order valence-corrected chi connectivity index (χ0v) is 18.3. The molecule has 158 valence electrons. The maximum atomic E-state index is 5.78. The van der Waals surface area contributed by atoms with Crippen molar-refractivity contribution < 1.29 is 18.9 Å². The van der Waals surface area contributed by atoms with Gasteiger partial charge in [0.15, 0.2) is 17.3 Å². The first-order chi connectivity index (χ1) is 14.5. The van der Waals surface area contributed by atoms with E-state index in [9.17, 15) is 0 Å². The summed E-state index contributed by atoms with van der Waals surface area (Å²) >= 11 is 5.36. The molecule has 0 aliphatic rings. The number of hydrogen-bond acceptors (Lipinski definition) is 7. The highest BCUT2D eigenvalue weighted by Crippen LogP contribution is 2.34. The monoisotopic (exact) mass is 428 g/mol. The van der Waals surface area contributed by atoms with E-state index in [2.05, 4.69) is 15.3 Å². The second-order valence-corrected chi connectivity index (χ2v) is 6.94. The van der Waals surface area contributed by atoms with Crippen LogP contribution in [0.4, 0.5) is 0 Å². The first-order valence-electron chi connectivity index (χ1n) is 9.25. The Bertz CT molecular complexity index is 1100. The molecule has 0 unspecified atom stereocenters. The Balaban J connectivity index is 2.01. The fourth-order valence-corrected chi connectivity index (χ4v) is 3.02. The van der Waals surface area contributed by atoms with Crippen LogP contribution >= 0.6 is 12.2 Å². The van der Waals surface area contributed by atoms with Crippen LogP contribution in [-0.4, -0.2) is 48.5 Å². The van der Waals surface area contributed by atoms with E-state index in [1.807, 2.05) is 38.1 Å². The second-order valence-electron chi connectivity index (χ2n) is 6.55. The topological polar surface area (TPSA) is 82.9 Å². The van der Waals surface area contributed by atoms with Gasteiger partial charge in [-0.15, -0.1) is 0 Å². The summed E-state index contributed by atoms with van der Waals surface area (Å²) in [5.74, 6) is 3.02. The van der Waals surface area contributed by atoms with Gasteiger partial charge >= 0.3 is 0 Å². The highest BCUT2D eigenvalue weighted by Gasteiger charge is 2.13. The Morgan fingerprint density at radius 2 is 1.73 bits per heavy atom. The summed E-state index contributed by atoms with van der Waals surface area (Å²) in [6.45, 7) is 3.95. The summed E-state index contributed by atoms with van der Waals surface area (Å²) < 4.78 is 23.8. The summed E-state index contributed by atoms with van der Waals surface area (Å²) in [4.78, 5) is 0. The molecule has 30 heavy (non-hydrogen) atoms. The van der Waals surface area contributed by atoms with Crippen molar-refractivity contribution in [3.63, 3.8) is 0 Å². The van der Waals surface area contributed by atoms with Gasteiger partial charge in [0.2, 0.25) is 4.77 Å². The Labute approximate surface area is 180 Å². The van der Waals surface area contributed by atoms with Gasteiger partial charge in [-0.3, -0.25) is 0 Å². The molecule has 0 aliphatic heterocycles. The number of rotatable bonds is 8. The maximum Gasteiger partial charge on any atom is 0.216 e. The van der Waals surface area contributed by atoms with Crippen molar-refractivity contribution in [2.45, 2.75) is 20.0 Å². The average Bonchev–Trinajstić information content (AvgIpc) is 3.11. The molecule has 0 saturated carbocycles. The SMILES string of the molecule is COc1cc(OC)c(OC)cc1C=Nn1c(-c2cccc(OC(C)C)c2)n[nH]c1=S. The Morgan fingerprint density at radius 3 is 2.40 bits per heavy atom. The molecule has 9 heteroatoms. The van der Waals surface area contributed by atoms with E-state index in [-0.39, 0.29) is 6.10 Å². The van der Waals surface area contributed by atoms with Gasteiger partial charge in [-0.2, -0.15) is 14.9 Å². The first kappa shape index (κ1) is 21.4. The summed E-state index contributed by atoms with van der Waals surface area (Å²) in [7, 11) is 4.72. The van der Waals surface area contributed by atoms with Gasteiger partial charge in [-0.05, 0) is 44.3 Å². The van der Waals surface area contributed by atoms with Crippen LogP contribution < -0.4 is 18.9 Å². The lowest BCUT2D eigenvalue weighted by molar-refractivity contribution is 0.242. The molecular formula is C21H24N4O4S. The maximum absolute atomic E-state index is 5.78. The molecule has 8 nitrogen and oxygen atoms in total. The minimum atomic E-state index is 0.0663. The summed E-state index contributed by atoms with van der Waals surface area (Å²) in [6.07, 6.45) is 1.70. The summed E-state index contributed by atoms with van der Waals surface area (Å²) in [5, 5.41) is 11.6. The van der Waals surface area contributed by atoms with Crippen molar-refractivity contribution in [1.29, 1.82) is 0 Å². The van der Waals surface area contributed by atoms with Crippen LogP contribution in [0.5, 0.6) is 23.0 Å². The van der Waals surface area contributed by atoms with Crippen LogP contribution in [0.15, 0.2) is 41.5 Å². The average molecular weight is 429 g/mol. The third-order valence-corrected chi connectivity index (χ3v) is 4.43. The molecule has 3 aromatic rings. The summed E-state index contributed by atoms with van der Waals surface area (Å²) in [6, 6.07) is 11.1. The lowest BCUT2D eigenvalue weighted by Gasteiger charge is -2.12. The molecule has 1 N–H and O–H groups in total. The van der Waals surface area contributed by atoms with Crippen molar-refractivity contribution >= 4 is 18.4 Å². The van der Waals surface area contributed by atoms with Crippen LogP contribution in [0.1, 0.15) is 19.4 Å². The van der Waals surface area contributed by atoms with Gasteiger partial charge in [0.1, 0.15) is 11.5 Å². The van der Waals surface area contributed by atoms with Gasteiger partial charge in [-0.25, -0.2) is 5.10 Å². The highest BCUT2D eigenvalue weighted by molar-refractivity contribution is 7.71. The van der Waals surface area contributed by atoms with Gasteiger partial charge in [-0.1, -0.05) is 12.1 Å². The van der Waals surface area contributed by atoms with Gasteiger partial charge in [0.25, 0.3) is 0 Å². The number of aromatic amines is 1. The molecule has 0 spiro atoms. The minimum Gasteiger partial charge on any atom is -0.496 e. The highest BCUT2D eigenvalue weighted by atomic mass is 32.1. The number of nitrogens with zero attached hydrogens (tertiary/aromatic N) is 3. The van der Waals surface area contributed by atoms with Crippen LogP contribution in [-0.2, 0) is 0 Å². The molecule has 0 fully saturated rings. The van der Waals surface area contributed by atoms with Crippen molar-refractivity contribution in [2.24, 2.45) is 5.10 Å². The number of aromatic nitrogens is 3. The standard InChI is InChI=1S/C21H24N4O4S/c1-13(2)29-16-8-6-7-14(9-16)20-23-24-21(30)25(20)22-12-15-10-18(27-4)19(28-5)11-17(15)26-3/h6-13H,1-5H3,(H,24,30). The molecule has 1 heterocycles. The number of ether oxygens (including phenoxy) is 4. The molecule has 2 aromatic carbocycles. The zero-order valence-electron chi connectivity index (χ0n) is 17.5. The zero-order chi connectivity index (χ0) is 21.7. The van der Waals surface area contributed by atoms with Crippen molar-refractivity contribution in [3.8, 4) is 34.4 Å². The number of benzene rings is 2. The third-order valence-electron chi connectivity index (χ3n) is 4.16. The van der Waals surface area contributed by atoms with Crippen LogP contribution in [0.3, 0.4) is 0 Å². The molecule has 0 amide bonds. The predicted molar refractivity (Wildman–Crippen MR) is 118 cm³/mol. The second kappa shape index (κ2) is 9.45. The van der Waals surface area contributed by atoms with E-state index in [0.717, 1.165) is 11.3 Å². The summed E-state index contributed by atoms with van der Waals surface area (Å²) in [5.41, 5.74) is 1.51. The molecule has 0 aliphatic carbocycles. The third kappa shape index (κ3) is 4.62. The van der Waals surface area contributed by atoms with E-state index >= 15 is 0 Å². The molecule has 0 radical (unpaired) electrons. The van der Waals surface area contributed by atoms with E-state index in [1.54, 1.807) is 44.4 Å². The predicted octanol–water partition coefficient (Wildman–Crippen LogP) is 4.30. The molecule has 0 bridgehead atoms. The van der Waals surface area contributed by atoms with E-state index in [0.29, 0.717) is 33.4 Å².